The van der Waals surface area contributed by atoms with Crippen LogP contribution in [0, 0.1) is 6.92 Å². The van der Waals surface area contributed by atoms with Gasteiger partial charge in [0.25, 0.3) is 0 Å². The van der Waals surface area contributed by atoms with Gasteiger partial charge >= 0.3 is 0 Å². The van der Waals surface area contributed by atoms with Crippen LogP contribution < -0.4 is 10.6 Å². The van der Waals surface area contributed by atoms with Crippen LogP contribution in [-0.4, -0.2) is 34.6 Å². The van der Waals surface area contributed by atoms with Gasteiger partial charge in [-0.15, -0.1) is 24.8 Å². The van der Waals surface area contributed by atoms with Crippen LogP contribution >= 0.6 is 24.8 Å². The molecule has 0 aliphatic heterocycles. The van der Waals surface area contributed by atoms with E-state index < -0.39 is 0 Å². The van der Waals surface area contributed by atoms with E-state index in [9.17, 15) is 4.79 Å². The first kappa shape index (κ1) is 22.7. The Morgan fingerprint density at radius 1 is 1.12 bits per heavy atom. The van der Waals surface area contributed by atoms with E-state index in [0.29, 0.717) is 19.1 Å². The van der Waals surface area contributed by atoms with Crippen molar-refractivity contribution >= 4 is 41.8 Å². The second-order valence-electron chi connectivity index (χ2n) is 6.73. The molecule has 2 aromatic rings. The van der Waals surface area contributed by atoms with Crippen LogP contribution in [0.15, 0.2) is 24.3 Å². The van der Waals surface area contributed by atoms with E-state index in [1.54, 1.807) is 0 Å². The number of aryl methyl sites for hydroxylation is 1. The fourth-order valence-corrected chi connectivity index (χ4v) is 3.56. The lowest BCUT2D eigenvalue weighted by Gasteiger charge is -2.16. The van der Waals surface area contributed by atoms with Gasteiger partial charge in [-0.2, -0.15) is 0 Å². The molecule has 0 spiro atoms. The molecule has 1 aromatic carbocycles. The number of imidazole rings is 1. The summed E-state index contributed by atoms with van der Waals surface area (Å²) in [5, 5.41) is 6.60. The predicted octanol–water partition coefficient (Wildman–Crippen LogP) is 3.62. The number of nitrogens with one attached hydrogen (secondary N) is 2. The summed E-state index contributed by atoms with van der Waals surface area (Å²) in [7, 11) is 0. The fraction of sp³-hybridized carbons (Fsp3) is 0.579. The number of para-hydroxylation sites is 2. The number of fused-ring (bicyclic) bond motifs is 1. The molecule has 26 heavy (non-hydrogen) atoms. The van der Waals surface area contributed by atoms with Gasteiger partial charge in [-0.05, 0) is 31.9 Å². The van der Waals surface area contributed by atoms with Gasteiger partial charge in [0.2, 0.25) is 5.91 Å². The molecule has 0 saturated heterocycles. The van der Waals surface area contributed by atoms with E-state index in [4.69, 9.17) is 0 Å². The average Bonchev–Trinajstić information content (AvgIpc) is 2.76. The molecular formula is C19H30Cl2N4O. The summed E-state index contributed by atoms with van der Waals surface area (Å²) in [4.78, 5) is 16.7. The standard InChI is InChI=1S/C19H28N4O.2ClH/c1-15-22-17-10-6-7-11-18(17)23(15)14-19(24)21-13-12-20-16-8-4-2-3-5-9-16;;/h6-7,10-11,16,20H,2-5,8-9,12-14H2,1H3,(H,21,24);2*1H. The Kier molecular flexibility index (Phi) is 9.99. The van der Waals surface area contributed by atoms with Gasteiger partial charge in [-0.25, -0.2) is 4.98 Å². The van der Waals surface area contributed by atoms with E-state index in [1.165, 1.54) is 38.5 Å². The fourth-order valence-electron chi connectivity index (χ4n) is 3.56. The summed E-state index contributed by atoms with van der Waals surface area (Å²) in [6.07, 6.45) is 7.94. The number of nitrogens with zero attached hydrogens (tertiary/aromatic N) is 2. The zero-order valence-electron chi connectivity index (χ0n) is 15.4. The van der Waals surface area contributed by atoms with Crippen molar-refractivity contribution < 1.29 is 4.79 Å². The zero-order chi connectivity index (χ0) is 16.8. The number of halogens is 2. The number of hydrogen-bond acceptors (Lipinski definition) is 3. The minimum absolute atomic E-state index is 0. The quantitative estimate of drug-likeness (QED) is 0.574. The molecule has 0 unspecified atom stereocenters. The lowest BCUT2D eigenvalue weighted by molar-refractivity contribution is -0.121. The number of aromatic nitrogens is 2. The number of rotatable bonds is 6. The summed E-state index contributed by atoms with van der Waals surface area (Å²) in [6, 6.07) is 8.57. The van der Waals surface area contributed by atoms with E-state index in [2.05, 4.69) is 15.6 Å². The minimum atomic E-state index is 0. The predicted molar refractivity (Wildman–Crippen MR) is 111 cm³/mol. The van der Waals surface area contributed by atoms with Crippen LogP contribution in [0.4, 0.5) is 0 Å². The molecule has 7 heteroatoms. The second kappa shape index (κ2) is 11.4. The van der Waals surface area contributed by atoms with Crippen molar-refractivity contribution in [2.75, 3.05) is 13.1 Å². The Morgan fingerprint density at radius 3 is 2.54 bits per heavy atom. The third kappa shape index (κ3) is 6.15. The van der Waals surface area contributed by atoms with E-state index in [0.717, 1.165) is 23.4 Å². The summed E-state index contributed by atoms with van der Waals surface area (Å²) < 4.78 is 1.98. The van der Waals surface area contributed by atoms with Gasteiger partial charge in [0.15, 0.2) is 0 Å². The highest BCUT2D eigenvalue weighted by Crippen LogP contribution is 2.17. The number of carbonyl (C=O) groups is 1. The first-order chi connectivity index (χ1) is 11.7. The minimum Gasteiger partial charge on any atom is -0.353 e. The molecule has 3 rings (SSSR count). The van der Waals surface area contributed by atoms with Crippen molar-refractivity contribution in [3.05, 3.63) is 30.1 Å². The molecule has 0 bridgehead atoms. The second-order valence-corrected chi connectivity index (χ2v) is 6.73. The summed E-state index contributed by atoms with van der Waals surface area (Å²) in [5.74, 6) is 0.923. The van der Waals surface area contributed by atoms with Gasteiger partial charge < -0.3 is 15.2 Å². The average molecular weight is 401 g/mol. The summed E-state index contributed by atoms with van der Waals surface area (Å²) >= 11 is 0. The molecular weight excluding hydrogens is 371 g/mol. The first-order valence-corrected chi connectivity index (χ1v) is 9.16. The highest BCUT2D eigenvalue weighted by atomic mass is 35.5. The van der Waals surface area contributed by atoms with Crippen LogP contribution in [-0.2, 0) is 11.3 Å². The van der Waals surface area contributed by atoms with Crippen LogP contribution in [0.2, 0.25) is 0 Å². The molecule has 1 saturated carbocycles. The number of carbonyl (C=O) groups excluding carboxylic acids is 1. The molecule has 1 fully saturated rings. The monoisotopic (exact) mass is 400 g/mol. The Balaban J connectivity index is 0.00000169. The highest BCUT2D eigenvalue weighted by molar-refractivity contribution is 5.85. The molecule has 0 atom stereocenters. The van der Waals surface area contributed by atoms with E-state index in [1.807, 2.05) is 35.8 Å². The van der Waals surface area contributed by atoms with Gasteiger partial charge in [0, 0.05) is 19.1 Å². The molecule has 146 valence electrons. The first-order valence-electron chi connectivity index (χ1n) is 9.16. The van der Waals surface area contributed by atoms with E-state index in [-0.39, 0.29) is 30.7 Å². The Hall–Kier alpha value is -1.30. The van der Waals surface area contributed by atoms with Crippen LogP contribution in [0.5, 0.6) is 0 Å². The molecule has 5 nitrogen and oxygen atoms in total. The van der Waals surface area contributed by atoms with Crippen molar-refractivity contribution in [3.8, 4) is 0 Å². The topological polar surface area (TPSA) is 59.0 Å². The summed E-state index contributed by atoms with van der Waals surface area (Å²) in [6.45, 7) is 3.80. The van der Waals surface area contributed by atoms with Gasteiger partial charge in [-0.3, -0.25) is 4.79 Å². The molecule has 1 aliphatic rings. The largest absolute Gasteiger partial charge is 0.353 e. The maximum atomic E-state index is 12.2. The van der Waals surface area contributed by atoms with Gasteiger partial charge in [0.05, 0.1) is 11.0 Å². The number of hydrogen-bond donors (Lipinski definition) is 2. The van der Waals surface area contributed by atoms with Crippen LogP contribution in [0.1, 0.15) is 44.3 Å². The summed E-state index contributed by atoms with van der Waals surface area (Å²) in [5.41, 5.74) is 1.96. The smallest absolute Gasteiger partial charge is 0.240 e. The Labute approximate surface area is 168 Å². The van der Waals surface area contributed by atoms with Gasteiger partial charge in [0.1, 0.15) is 12.4 Å². The number of amides is 1. The molecule has 1 heterocycles. The maximum Gasteiger partial charge on any atom is 0.240 e. The Bertz CT molecular complexity index is 681. The lowest BCUT2D eigenvalue weighted by Crippen LogP contribution is -2.38. The Morgan fingerprint density at radius 2 is 1.81 bits per heavy atom. The van der Waals surface area contributed by atoms with Crippen LogP contribution in [0.25, 0.3) is 11.0 Å². The third-order valence-corrected chi connectivity index (χ3v) is 4.88. The zero-order valence-corrected chi connectivity index (χ0v) is 17.0. The normalized spacial score (nSPS) is 15.0. The molecule has 1 aliphatic carbocycles. The lowest BCUT2D eigenvalue weighted by atomic mass is 10.1. The van der Waals surface area contributed by atoms with Crippen molar-refractivity contribution in [2.24, 2.45) is 0 Å². The van der Waals surface area contributed by atoms with Crippen LogP contribution in [0.3, 0.4) is 0 Å². The van der Waals surface area contributed by atoms with Crippen molar-refractivity contribution in [3.63, 3.8) is 0 Å². The molecule has 2 N–H and O–H groups in total. The molecule has 1 aromatic heterocycles. The van der Waals surface area contributed by atoms with Crippen molar-refractivity contribution in [2.45, 2.75) is 58.0 Å². The molecule has 1 amide bonds. The maximum absolute atomic E-state index is 12.2. The molecule has 0 radical (unpaired) electrons. The SMILES string of the molecule is Cc1nc2ccccc2n1CC(=O)NCCNC1CCCCCC1.Cl.Cl. The van der Waals surface area contributed by atoms with Crippen molar-refractivity contribution in [1.82, 2.24) is 20.2 Å². The highest BCUT2D eigenvalue weighted by Gasteiger charge is 2.12. The van der Waals surface area contributed by atoms with Gasteiger partial charge in [-0.1, -0.05) is 37.8 Å². The van der Waals surface area contributed by atoms with E-state index >= 15 is 0 Å². The third-order valence-electron chi connectivity index (χ3n) is 4.88. The van der Waals surface area contributed by atoms with Crippen molar-refractivity contribution in [1.29, 1.82) is 0 Å². The number of benzene rings is 1.